The first-order valence-electron chi connectivity index (χ1n) is 3.95. The molecule has 10 heavy (non-hydrogen) atoms. The number of carbonyl (C=O) groups is 1. The lowest BCUT2D eigenvalue weighted by Crippen LogP contribution is -2.06. The first-order chi connectivity index (χ1) is 4.93. The fourth-order valence-electron chi connectivity index (χ4n) is 2.10. The molecule has 3 unspecified atom stereocenters. The molecule has 1 heterocycles. The summed E-state index contributed by atoms with van der Waals surface area (Å²) in [6, 6.07) is 0. The van der Waals surface area contributed by atoms with Crippen LogP contribution >= 0.6 is 0 Å². The molecule has 0 aromatic heterocycles. The van der Waals surface area contributed by atoms with Gasteiger partial charge in [0.2, 0.25) is 0 Å². The zero-order valence-electron chi connectivity index (χ0n) is 5.95. The second-order valence-electron chi connectivity index (χ2n) is 3.26. The van der Waals surface area contributed by atoms with Crippen LogP contribution in [0.1, 0.15) is 12.8 Å². The lowest BCUT2D eigenvalue weighted by Gasteiger charge is -2.07. The Morgan fingerprint density at radius 3 is 3.00 bits per heavy atom. The molecule has 0 bridgehead atoms. The van der Waals surface area contributed by atoms with Gasteiger partial charge in [0.15, 0.2) is 0 Å². The molecule has 2 rings (SSSR count). The topological polar surface area (TPSA) is 26.3 Å². The number of aldehydes is 1. The van der Waals surface area contributed by atoms with E-state index >= 15 is 0 Å². The van der Waals surface area contributed by atoms with E-state index in [1.54, 1.807) is 0 Å². The second kappa shape index (κ2) is 2.35. The van der Waals surface area contributed by atoms with Crippen LogP contribution in [0.25, 0.3) is 0 Å². The Bertz CT molecular complexity index is 132. The Morgan fingerprint density at radius 1 is 1.50 bits per heavy atom. The summed E-state index contributed by atoms with van der Waals surface area (Å²) in [5, 5.41) is 0. The molecule has 56 valence electrons. The summed E-state index contributed by atoms with van der Waals surface area (Å²) < 4.78 is 5.28. The minimum absolute atomic E-state index is 0.681. The van der Waals surface area contributed by atoms with Crippen LogP contribution in [0.4, 0.5) is 0 Å². The molecule has 1 saturated carbocycles. The van der Waals surface area contributed by atoms with Crippen LogP contribution in [0, 0.1) is 17.8 Å². The number of ether oxygens (including phenoxy) is 1. The maximum atomic E-state index is 10.2. The van der Waals surface area contributed by atoms with Gasteiger partial charge in [-0.3, -0.25) is 0 Å². The van der Waals surface area contributed by atoms with E-state index in [2.05, 4.69) is 0 Å². The number of fused-ring (bicyclic) bond motifs is 1. The highest BCUT2D eigenvalue weighted by Crippen LogP contribution is 2.52. The van der Waals surface area contributed by atoms with Gasteiger partial charge < -0.3 is 9.53 Å². The van der Waals surface area contributed by atoms with E-state index in [1.807, 2.05) is 0 Å². The number of rotatable bonds is 2. The van der Waals surface area contributed by atoms with E-state index in [0.29, 0.717) is 5.92 Å². The van der Waals surface area contributed by atoms with Gasteiger partial charge in [-0.25, -0.2) is 0 Å². The summed E-state index contributed by atoms with van der Waals surface area (Å²) in [5.74, 6) is 2.25. The van der Waals surface area contributed by atoms with E-state index in [0.717, 1.165) is 37.8 Å². The van der Waals surface area contributed by atoms with Crippen molar-refractivity contribution in [1.29, 1.82) is 0 Å². The highest BCUT2D eigenvalue weighted by Gasteiger charge is 2.50. The highest BCUT2D eigenvalue weighted by atomic mass is 16.5. The molecule has 3 atom stereocenters. The molecule has 0 N–H and O–H groups in total. The molecule has 0 radical (unpaired) electrons. The second-order valence-corrected chi connectivity index (χ2v) is 3.26. The fraction of sp³-hybridized carbons (Fsp3) is 0.875. The summed E-state index contributed by atoms with van der Waals surface area (Å²) in [6.07, 6.45) is 2.99. The van der Waals surface area contributed by atoms with E-state index in [1.165, 1.54) is 6.42 Å². The van der Waals surface area contributed by atoms with Gasteiger partial charge >= 0.3 is 0 Å². The molecule has 0 aromatic carbocycles. The molecular weight excluding hydrogens is 128 g/mol. The molecule has 2 fully saturated rings. The van der Waals surface area contributed by atoms with Gasteiger partial charge in [-0.05, 0) is 24.2 Å². The minimum Gasteiger partial charge on any atom is -0.381 e. The number of hydrogen-bond donors (Lipinski definition) is 0. The summed E-state index contributed by atoms with van der Waals surface area (Å²) >= 11 is 0. The molecule has 1 aliphatic carbocycles. The van der Waals surface area contributed by atoms with Crippen LogP contribution in [0.15, 0.2) is 0 Å². The van der Waals surface area contributed by atoms with Crippen molar-refractivity contribution in [3.05, 3.63) is 0 Å². The molecule has 2 aliphatic rings. The van der Waals surface area contributed by atoms with E-state index in [4.69, 9.17) is 4.74 Å². The van der Waals surface area contributed by atoms with Crippen LogP contribution < -0.4 is 0 Å². The van der Waals surface area contributed by atoms with Gasteiger partial charge in [-0.2, -0.15) is 0 Å². The third-order valence-electron chi connectivity index (χ3n) is 2.78. The third-order valence-corrected chi connectivity index (χ3v) is 2.78. The Morgan fingerprint density at radius 2 is 2.40 bits per heavy atom. The van der Waals surface area contributed by atoms with Gasteiger partial charge in [0.05, 0.1) is 0 Å². The van der Waals surface area contributed by atoms with Crippen LogP contribution in [-0.2, 0) is 9.53 Å². The van der Waals surface area contributed by atoms with Gasteiger partial charge in [0.25, 0.3) is 0 Å². The normalized spacial score (nSPS) is 44.2. The number of carbonyl (C=O) groups excluding carboxylic acids is 1. The van der Waals surface area contributed by atoms with Crippen molar-refractivity contribution >= 4 is 6.29 Å². The summed E-state index contributed by atoms with van der Waals surface area (Å²) in [6.45, 7) is 1.82. The average molecular weight is 140 g/mol. The van der Waals surface area contributed by atoms with Crippen molar-refractivity contribution in [3.63, 3.8) is 0 Å². The Hall–Kier alpha value is -0.370. The van der Waals surface area contributed by atoms with Crippen molar-refractivity contribution in [2.24, 2.45) is 17.8 Å². The first kappa shape index (κ1) is 6.35. The summed E-state index contributed by atoms with van der Waals surface area (Å²) in [4.78, 5) is 10.2. The summed E-state index contributed by atoms with van der Waals surface area (Å²) in [7, 11) is 0. The van der Waals surface area contributed by atoms with Gasteiger partial charge in [-0.15, -0.1) is 0 Å². The maximum absolute atomic E-state index is 10.2. The third kappa shape index (κ3) is 0.870. The molecule has 0 aromatic rings. The van der Waals surface area contributed by atoms with Gasteiger partial charge in [0.1, 0.15) is 6.29 Å². The van der Waals surface area contributed by atoms with Crippen molar-refractivity contribution in [2.75, 3.05) is 13.2 Å². The largest absolute Gasteiger partial charge is 0.381 e. The zero-order chi connectivity index (χ0) is 6.97. The van der Waals surface area contributed by atoms with Crippen molar-refractivity contribution < 1.29 is 9.53 Å². The van der Waals surface area contributed by atoms with Gasteiger partial charge in [-0.1, -0.05) is 0 Å². The molecule has 0 amide bonds. The van der Waals surface area contributed by atoms with Crippen molar-refractivity contribution in [2.45, 2.75) is 12.8 Å². The number of hydrogen-bond acceptors (Lipinski definition) is 2. The zero-order valence-corrected chi connectivity index (χ0v) is 5.95. The van der Waals surface area contributed by atoms with Crippen LogP contribution in [0.2, 0.25) is 0 Å². The average Bonchev–Trinajstić information content (AvgIpc) is 2.66. The van der Waals surface area contributed by atoms with E-state index in [9.17, 15) is 4.79 Å². The Labute approximate surface area is 60.6 Å². The highest BCUT2D eigenvalue weighted by molar-refractivity contribution is 5.51. The van der Waals surface area contributed by atoms with Crippen LogP contribution in [0.3, 0.4) is 0 Å². The molecule has 1 saturated heterocycles. The molecular formula is C8H12O2. The predicted molar refractivity (Wildman–Crippen MR) is 36.6 cm³/mol. The Balaban J connectivity index is 1.87. The SMILES string of the molecule is O=CCC1C2CCOCC12. The predicted octanol–water partition coefficient (Wildman–Crippen LogP) is 0.858. The fourth-order valence-corrected chi connectivity index (χ4v) is 2.10. The molecule has 2 heteroatoms. The Kier molecular flexibility index (Phi) is 1.49. The molecule has 0 spiro atoms. The lowest BCUT2D eigenvalue weighted by molar-refractivity contribution is -0.108. The molecule has 1 aliphatic heterocycles. The van der Waals surface area contributed by atoms with Crippen LogP contribution in [0.5, 0.6) is 0 Å². The van der Waals surface area contributed by atoms with Crippen LogP contribution in [-0.4, -0.2) is 19.5 Å². The lowest BCUT2D eigenvalue weighted by atomic mass is 10.2. The molecule has 2 nitrogen and oxygen atoms in total. The monoisotopic (exact) mass is 140 g/mol. The van der Waals surface area contributed by atoms with E-state index in [-0.39, 0.29) is 0 Å². The standard InChI is InChI=1S/C8H12O2/c9-3-1-6-7-2-4-10-5-8(6)7/h3,6-8H,1-2,4-5H2. The van der Waals surface area contributed by atoms with Crippen molar-refractivity contribution in [1.82, 2.24) is 0 Å². The first-order valence-corrected chi connectivity index (χ1v) is 3.95. The maximum Gasteiger partial charge on any atom is 0.120 e. The van der Waals surface area contributed by atoms with Gasteiger partial charge in [0, 0.05) is 19.6 Å². The van der Waals surface area contributed by atoms with E-state index < -0.39 is 0 Å². The summed E-state index contributed by atoms with van der Waals surface area (Å²) in [5.41, 5.74) is 0. The van der Waals surface area contributed by atoms with Crippen molar-refractivity contribution in [3.8, 4) is 0 Å². The smallest absolute Gasteiger partial charge is 0.120 e. The minimum atomic E-state index is 0.681. The quantitative estimate of drug-likeness (QED) is 0.532.